The Morgan fingerprint density at radius 2 is 1.18 bits per heavy atom. The van der Waals surface area contributed by atoms with Gasteiger partial charge in [-0.15, -0.1) is 10.2 Å². The summed E-state index contributed by atoms with van der Waals surface area (Å²) >= 11 is 14.6. The number of ketones is 2. The number of ether oxygens (including phenoxy) is 2. The Balaban J connectivity index is 0.000000281. The van der Waals surface area contributed by atoms with Crippen LogP contribution < -0.4 is 4.85 Å². The summed E-state index contributed by atoms with van der Waals surface area (Å²) in [7, 11) is 0. The zero-order chi connectivity index (χ0) is 33.5. The summed E-state index contributed by atoms with van der Waals surface area (Å²) in [6.07, 6.45) is 2.75. The van der Waals surface area contributed by atoms with E-state index in [1.807, 2.05) is 0 Å². The lowest BCUT2D eigenvalue weighted by atomic mass is 10.2. The maximum atomic E-state index is 11.8. The first-order valence-corrected chi connectivity index (χ1v) is 16.9. The van der Waals surface area contributed by atoms with Crippen LogP contribution in [0.4, 0.5) is 0 Å². The minimum Gasteiger partial charge on any atom is -0.594 e. The van der Waals surface area contributed by atoms with Gasteiger partial charge in [0.2, 0.25) is 0 Å². The summed E-state index contributed by atoms with van der Waals surface area (Å²) in [6.45, 7) is 6.80. The predicted molar refractivity (Wildman–Crippen MR) is 168 cm³/mol. The number of hydrogen-bond donors (Lipinski definition) is 0. The molecule has 0 unspecified atom stereocenters. The Morgan fingerprint density at radius 3 is 1.56 bits per heavy atom. The highest BCUT2D eigenvalue weighted by Crippen LogP contribution is 2.51. The number of nitrogens with zero attached hydrogens (tertiary/aromatic N) is 6. The van der Waals surface area contributed by atoms with Gasteiger partial charge in [0.05, 0.1) is 30.0 Å². The van der Waals surface area contributed by atoms with Crippen LogP contribution in [0.5, 0.6) is 0 Å². The Kier molecular flexibility index (Phi) is 15.3. The van der Waals surface area contributed by atoms with E-state index in [2.05, 4.69) is 25.3 Å². The quantitative estimate of drug-likeness (QED) is 0.0691. The summed E-state index contributed by atoms with van der Waals surface area (Å²) in [5, 5.41) is 23.1. The molecule has 13 nitrogen and oxygen atoms in total. The van der Waals surface area contributed by atoms with Crippen molar-refractivity contribution in [1.29, 1.82) is 0 Å². The molecule has 45 heavy (non-hydrogen) atoms. The summed E-state index contributed by atoms with van der Waals surface area (Å²) < 4.78 is 9.71. The molecular weight excluding hydrogens is 670 g/mol. The van der Waals surface area contributed by atoms with E-state index in [4.69, 9.17) is 43.2 Å². The fraction of sp³-hybridized carbons (Fsp3) is 0.214. The molecule has 236 valence electrons. The largest absolute Gasteiger partial charge is 0.594 e. The Morgan fingerprint density at radius 1 is 0.711 bits per heavy atom. The van der Waals surface area contributed by atoms with Crippen molar-refractivity contribution < 1.29 is 33.5 Å². The van der Waals surface area contributed by atoms with Crippen LogP contribution >= 0.6 is 39.7 Å². The van der Waals surface area contributed by atoms with Crippen molar-refractivity contribution in [3.63, 3.8) is 0 Å². The molecule has 17 heteroatoms. The minimum absolute atomic E-state index is 0.0805. The van der Waals surface area contributed by atoms with E-state index >= 15 is 0 Å². The molecule has 4 aromatic heterocycles. The van der Waals surface area contributed by atoms with Gasteiger partial charge in [-0.05, 0) is 61.2 Å². The van der Waals surface area contributed by atoms with Crippen molar-refractivity contribution in [2.24, 2.45) is 0 Å². The minimum atomic E-state index is -1.20. The van der Waals surface area contributed by atoms with E-state index < -0.39 is 17.9 Å². The lowest BCUT2D eigenvalue weighted by Gasteiger charge is -2.04. The van der Waals surface area contributed by atoms with Gasteiger partial charge in [-0.3, -0.25) is 14.6 Å². The van der Waals surface area contributed by atoms with Gasteiger partial charge in [-0.25, -0.2) is 14.6 Å². The number of carbonyl (C=O) groups excluding carboxylic acids is 4. The average Bonchev–Trinajstić information content (AvgIpc) is 3.01. The molecule has 4 rings (SSSR count). The molecule has 0 N–H and O–H groups in total. The third-order valence-corrected chi connectivity index (χ3v) is 5.26. The smallest absolute Gasteiger partial charge is 0.339 e. The first kappa shape index (κ1) is 37.0. The van der Waals surface area contributed by atoms with Crippen LogP contribution in [0.1, 0.15) is 69.4 Å². The van der Waals surface area contributed by atoms with E-state index in [-0.39, 0.29) is 29.6 Å². The number of pyridine rings is 2. The van der Waals surface area contributed by atoms with Gasteiger partial charge in [0.1, 0.15) is 17.1 Å². The summed E-state index contributed by atoms with van der Waals surface area (Å²) in [6, 6.07) is 12.5. The lowest BCUT2D eigenvalue weighted by molar-refractivity contribution is -0.658. The molecule has 0 atom stereocenters. The zero-order valence-electron chi connectivity index (χ0n) is 24.3. The van der Waals surface area contributed by atoms with Gasteiger partial charge in [0.25, 0.3) is 5.69 Å². The number of aromatic nitrogens is 6. The van der Waals surface area contributed by atoms with E-state index in [0.717, 1.165) is 0 Å². The third-order valence-electron chi connectivity index (χ3n) is 5.26. The molecule has 0 aliphatic rings. The standard InChI is InChI=1S/C14H13N3O4.C14H13N3O3.Cl3P/c1-3-21-14(19)10-4-5-12(15-8-10)13-7-6-11(9(2)18)16-17(13)20;1-3-20-14(19)10-4-5-12(15-8-10)13-7-6-11(9(2)18)16-17-13;1-4(2)3/h4-8H,3H2,1-2H3;4-8H,3H2,1-2H3;. The molecular formula is C28H26Cl3N6O7P. The Bertz CT molecular complexity index is 1610. The van der Waals surface area contributed by atoms with Crippen LogP contribution in [0.25, 0.3) is 22.8 Å². The predicted octanol–water partition coefficient (Wildman–Crippen LogP) is 6.00. The summed E-state index contributed by atoms with van der Waals surface area (Å²) in [5.74, 6) is -2.53. The van der Waals surface area contributed by atoms with E-state index in [0.29, 0.717) is 45.4 Å². The molecule has 0 fully saturated rings. The fourth-order valence-corrected chi connectivity index (χ4v) is 3.20. The van der Waals surface area contributed by atoms with Crippen LogP contribution in [0.15, 0.2) is 60.9 Å². The molecule has 0 aliphatic heterocycles. The highest BCUT2D eigenvalue weighted by molar-refractivity contribution is 8.20. The molecule has 0 aliphatic carbocycles. The maximum absolute atomic E-state index is 11.8. The highest BCUT2D eigenvalue weighted by atomic mass is 36.0. The van der Waals surface area contributed by atoms with E-state index in [1.165, 1.54) is 50.5 Å². The van der Waals surface area contributed by atoms with Crippen molar-refractivity contribution in [2.45, 2.75) is 27.7 Å². The van der Waals surface area contributed by atoms with Crippen LogP contribution in [0.3, 0.4) is 0 Å². The van der Waals surface area contributed by atoms with Crippen molar-refractivity contribution in [1.82, 2.24) is 25.3 Å². The fourth-order valence-electron chi connectivity index (χ4n) is 3.20. The summed E-state index contributed by atoms with van der Waals surface area (Å²) in [5.41, 5.74) is 2.70. The van der Waals surface area contributed by atoms with E-state index in [9.17, 15) is 24.4 Å². The van der Waals surface area contributed by atoms with Gasteiger partial charge in [-0.1, -0.05) is 33.7 Å². The number of rotatable bonds is 8. The number of esters is 2. The second kappa shape index (κ2) is 18.6. The number of carbonyl (C=O) groups is 4. The average molecular weight is 696 g/mol. The van der Waals surface area contributed by atoms with Crippen molar-refractivity contribution in [3.05, 3.63) is 88.6 Å². The topological polar surface area (TPSA) is 178 Å². The number of halogens is 3. The number of Topliss-reactive ketones (excluding diaryl/α,β-unsaturated/α-hetero) is 2. The van der Waals surface area contributed by atoms with Crippen LogP contribution in [0, 0.1) is 5.21 Å². The van der Waals surface area contributed by atoms with Crippen LogP contribution in [-0.4, -0.2) is 62.0 Å². The second-order valence-corrected chi connectivity index (χ2v) is 13.4. The molecule has 0 bridgehead atoms. The van der Waals surface area contributed by atoms with Gasteiger partial charge in [0.15, 0.2) is 23.2 Å². The van der Waals surface area contributed by atoms with Crippen molar-refractivity contribution in [3.8, 4) is 22.8 Å². The molecule has 4 aromatic rings. The normalized spacial score (nSPS) is 10.0. The molecule has 0 saturated carbocycles. The molecule has 0 aromatic carbocycles. The Labute approximate surface area is 273 Å². The van der Waals surface area contributed by atoms with Gasteiger partial charge in [-0.2, -0.15) is 0 Å². The Hall–Kier alpha value is -4.16. The maximum Gasteiger partial charge on any atom is 0.339 e. The SMILES string of the molecule is CCOC(=O)c1ccc(-c2ccc(C(C)=O)n[n+]2[O-])nc1.CCOC(=O)c1ccc(-c2ccc(C(C)=O)nn2)nc1.ClP(Cl)Cl. The number of hydrogen-bond acceptors (Lipinski definition) is 12. The lowest BCUT2D eigenvalue weighted by Crippen LogP contribution is -2.35. The first-order valence-electron chi connectivity index (χ1n) is 12.9. The second-order valence-electron chi connectivity index (χ2n) is 8.39. The first-order chi connectivity index (χ1) is 21.4. The molecule has 0 amide bonds. The monoisotopic (exact) mass is 694 g/mol. The van der Waals surface area contributed by atoms with Crippen LogP contribution in [0.2, 0.25) is 0 Å². The summed E-state index contributed by atoms with van der Waals surface area (Å²) in [4.78, 5) is 53.8. The van der Waals surface area contributed by atoms with Gasteiger partial charge < -0.3 is 14.7 Å². The molecule has 4 heterocycles. The highest BCUT2D eigenvalue weighted by Gasteiger charge is 2.16. The molecule has 0 saturated heterocycles. The van der Waals surface area contributed by atoms with Gasteiger partial charge in [0, 0.05) is 37.4 Å². The van der Waals surface area contributed by atoms with Gasteiger partial charge >= 0.3 is 11.9 Å². The third kappa shape index (κ3) is 12.0. The molecule has 0 radical (unpaired) electrons. The van der Waals surface area contributed by atoms with Crippen molar-refractivity contribution >= 4 is 63.2 Å². The zero-order valence-corrected chi connectivity index (χ0v) is 27.5. The van der Waals surface area contributed by atoms with Crippen LogP contribution in [-0.2, 0) is 9.47 Å². The molecule has 0 spiro atoms. The van der Waals surface area contributed by atoms with Crippen molar-refractivity contribution in [2.75, 3.05) is 13.2 Å². The van der Waals surface area contributed by atoms with E-state index in [1.54, 1.807) is 38.1 Å².